The van der Waals surface area contributed by atoms with Crippen LogP contribution in [0.15, 0.2) is 227 Å². The molecule has 0 spiro atoms. The van der Waals surface area contributed by atoms with Gasteiger partial charge in [-0.15, -0.1) is 45.3 Å². The lowest BCUT2D eigenvalue weighted by Crippen LogP contribution is -2.23. The van der Waals surface area contributed by atoms with E-state index in [9.17, 15) is 28.8 Å². The summed E-state index contributed by atoms with van der Waals surface area (Å²) in [6, 6.07) is 58.8. The van der Waals surface area contributed by atoms with Gasteiger partial charge in [0.25, 0.3) is 0 Å². The monoisotopic (exact) mass is 2160 g/mol. The zero-order valence-electron chi connectivity index (χ0n) is 85.7. The van der Waals surface area contributed by atoms with Crippen molar-refractivity contribution in [2.75, 3.05) is 0 Å². The Morgan fingerprint density at radius 3 is 0.940 bits per heavy atom. The number of tetrazole rings is 5. The van der Waals surface area contributed by atoms with E-state index in [0.717, 1.165) is 188 Å². The molecule has 10 aromatic heterocycles. The third-order valence-corrected chi connectivity index (χ3v) is 29.5. The lowest BCUT2D eigenvalue weighted by molar-refractivity contribution is 0.101. The fraction of sp³-hybridized carbons (Fsp3) is 0.243. The Balaban J connectivity index is 0.000000133. The molecule has 0 radical (unpaired) electrons. The van der Waals surface area contributed by atoms with Crippen LogP contribution in [0.5, 0.6) is 28.7 Å². The van der Waals surface area contributed by atoms with Gasteiger partial charge in [-0.25, -0.2) is 43.9 Å². The second-order valence-corrected chi connectivity index (χ2v) is 41.4. The van der Waals surface area contributed by atoms with Gasteiger partial charge in [-0.1, -0.05) is 60.7 Å². The molecule has 0 aliphatic rings. The number of aryl methyl sites for hydroxylation is 20. The number of thiazole rings is 4. The van der Waals surface area contributed by atoms with Crippen LogP contribution in [0.4, 0.5) is 0 Å². The number of halogens is 1. The molecule has 20 rings (SSSR count). The average molecular weight is 2160 g/mol. The number of Topliss-reactive ketones (excluding diaryl/α,β-unsaturated/α-hetero) is 1. The van der Waals surface area contributed by atoms with Crippen LogP contribution in [0.25, 0.3) is 84.0 Å². The molecule has 0 fully saturated rings. The van der Waals surface area contributed by atoms with Gasteiger partial charge in [-0.2, -0.15) is 51.2 Å². The number of carbonyl (C=O) groups excluding carboxylic acids is 1. The smallest absolute Gasteiger partial charge is 0.368 e. The largest absolute Gasteiger partial charge is 0.489 e. The van der Waals surface area contributed by atoms with E-state index in [1.165, 1.54) is 86.4 Å². The van der Waals surface area contributed by atoms with E-state index in [1.807, 2.05) is 251 Å². The molecule has 0 N–H and O–H groups in total. The van der Waals surface area contributed by atoms with E-state index >= 15 is 0 Å². The van der Waals surface area contributed by atoms with E-state index < -0.39 is 0 Å². The Morgan fingerprint density at radius 1 is 0.315 bits per heavy atom. The van der Waals surface area contributed by atoms with Crippen LogP contribution < -0.4 is 52.1 Å². The van der Waals surface area contributed by atoms with Gasteiger partial charge < -0.3 is 23.7 Å². The minimum atomic E-state index is -0.319. The van der Waals surface area contributed by atoms with Crippen LogP contribution in [0.1, 0.15) is 126 Å². The summed E-state index contributed by atoms with van der Waals surface area (Å²) < 4.78 is 48.4. The lowest BCUT2D eigenvalue weighted by atomic mass is 10.0. The SMILES string of the molecule is CC(=O)c1nc(-c2ccc(OCc3c(C)cccc3-n3nnn(C)c3=O)c(C)c2)cs1.Cc1cc(-c2ccsn2)ccc1OCc1c(C)cccc1-n1nnn(C)c1=O.Cc1cc(-c2nc(Br)cs2)ccc1OCc1c(C)cccc1-n1nnn(C)c1=O.Cc1nc(-c2cc(C)c(OCc3c(C)cccc3-n3nnn(C)c3=O)cc2C)c(C)s1.Cc1nc(-c2ccc(OCc3c(C)cccc3-n3nnn(C)c3=O)c(C)c2)c(C)s1. The highest BCUT2D eigenvalue weighted by Crippen LogP contribution is 2.39. The van der Waals surface area contributed by atoms with Crippen molar-refractivity contribution in [1.82, 2.24) is 123 Å². The quantitative estimate of drug-likeness (QED) is 0.0454. The molecule has 149 heavy (non-hydrogen) atoms. The van der Waals surface area contributed by atoms with Crippen LogP contribution >= 0.6 is 72.8 Å². The maximum atomic E-state index is 12.4. The highest BCUT2D eigenvalue weighted by Gasteiger charge is 2.25. The number of hydrogen-bond acceptors (Lipinski definition) is 31. The zero-order valence-corrected chi connectivity index (χ0v) is 91.3. The van der Waals surface area contributed by atoms with Crippen LogP contribution in [0.3, 0.4) is 0 Å². The lowest BCUT2D eigenvalue weighted by Gasteiger charge is -2.16. The maximum absolute atomic E-state index is 12.4. The number of benzene rings is 10. The van der Waals surface area contributed by atoms with Crippen molar-refractivity contribution in [2.45, 2.75) is 144 Å². The summed E-state index contributed by atoms with van der Waals surface area (Å²) in [5.74, 6) is 3.87. The van der Waals surface area contributed by atoms with Gasteiger partial charge in [0, 0.05) is 124 Å². The Hall–Kier alpha value is -16.2. The van der Waals surface area contributed by atoms with E-state index in [2.05, 4.69) is 138 Å². The van der Waals surface area contributed by atoms with Crippen molar-refractivity contribution in [3.63, 3.8) is 0 Å². The Bertz CT molecular complexity index is 8680. The third kappa shape index (κ3) is 23.9. The molecule has 0 saturated heterocycles. The normalized spacial score (nSPS) is 11.0. The summed E-state index contributed by atoms with van der Waals surface area (Å²) in [6.45, 7) is 33.4. The van der Waals surface area contributed by atoms with Gasteiger partial charge in [0.2, 0.25) is 0 Å². The predicted molar refractivity (Wildman–Crippen MR) is 581 cm³/mol. The molecule has 0 saturated carbocycles. The van der Waals surface area contributed by atoms with Crippen molar-refractivity contribution in [2.24, 2.45) is 35.2 Å². The fourth-order valence-corrected chi connectivity index (χ4v) is 20.6. The Labute approximate surface area is 884 Å². The molecule has 0 aliphatic heterocycles. The molecule has 10 aromatic carbocycles. The Morgan fingerprint density at radius 2 is 0.638 bits per heavy atom. The number of aromatic nitrogens is 25. The molecule has 0 aliphatic carbocycles. The molecule has 0 unspecified atom stereocenters. The molecule has 36 nitrogen and oxygen atoms in total. The highest BCUT2D eigenvalue weighted by atomic mass is 79.9. The molecule has 10 heterocycles. The highest BCUT2D eigenvalue weighted by molar-refractivity contribution is 9.10. The first-order chi connectivity index (χ1) is 71.4. The number of hydrogen-bond donors (Lipinski definition) is 0. The van der Waals surface area contributed by atoms with Gasteiger partial charge in [-0.05, 0) is 366 Å². The van der Waals surface area contributed by atoms with Gasteiger partial charge in [0.05, 0.1) is 61.2 Å². The number of rotatable bonds is 26. The minimum absolute atomic E-state index is 0.0378. The van der Waals surface area contributed by atoms with Crippen LogP contribution in [-0.2, 0) is 68.3 Å². The molecular weight excluding hydrogens is 2050 g/mol. The topological polar surface area (TPSA) is 391 Å². The van der Waals surface area contributed by atoms with E-state index in [0.29, 0.717) is 59.9 Å². The molecule has 0 bridgehead atoms. The Kier molecular flexibility index (Phi) is 32.8. The van der Waals surface area contributed by atoms with Crippen molar-refractivity contribution < 1.29 is 28.5 Å². The van der Waals surface area contributed by atoms with Crippen molar-refractivity contribution in [1.29, 1.82) is 0 Å². The summed E-state index contributed by atoms with van der Waals surface area (Å²) in [7, 11) is 7.87. The first-order valence-electron chi connectivity index (χ1n) is 46.9. The number of carbonyl (C=O) groups is 1. The van der Waals surface area contributed by atoms with Gasteiger partial charge in [-0.3, -0.25) is 4.79 Å². The molecule has 20 aromatic rings. The number of nitrogens with zero attached hydrogens (tertiary/aromatic N) is 25. The predicted octanol–water partition coefficient (Wildman–Crippen LogP) is 18.9. The standard InChI is InChI=1S/C23H25N5O2S.C22H21N5O3S.C22H23N5O2S.C20H18BrN5O2S.C20H19N5O2S/c1-13-8-7-9-20(28-23(29)27(6)25-26-28)19(13)12-30-21-11-14(2)18(10-15(21)3)22-16(4)31-17(5)24-22;1-13-6-5-7-19(27-22(29)26(4)24-25-27)17(13)11-30-20-9-8-16(10-14(20)2)18-12-31-21(23-18)15(3)28;1-13-7-6-8-19(27-22(28)26(5)24-25-27)18(13)12-29-20-10-9-17(11-14(20)2)21-15(3)30-16(4)23-21;1-12-5-4-6-16(26-20(27)25(3)23-24-26)15(12)10-28-17-8-7-14(9-13(17)2)19-22-18(21)11-29-19;1-13-5-4-6-18(25-20(26)24(3)22-23-25)16(13)12-27-19-8-7-15(11-14(19)2)17-9-10-28-21-17/h7-11H,12H2,1-6H3;5-10,12H,11H2,1-4H3;6-11H,12H2,1-5H3;4-9,11H,10H2,1-3H3;4-11H,12H2,1-3H3. The fourth-order valence-electron chi connectivity index (χ4n) is 16.4. The first kappa shape index (κ1) is 106. The second-order valence-electron chi connectivity index (χ2n) is 35.4. The van der Waals surface area contributed by atoms with Crippen molar-refractivity contribution >= 4 is 78.6 Å². The molecule has 0 amide bonds. The average Bonchev–Trinajstić information content (AvgIpc) is 1.72. The summed E-state index contributed by atoms with van der Waals surface area (Å²) in [6.07, 6.45) is 0. The molecular formula is C107H106BrN25O11S5. The van der Waals surface area contributed by atoms with Crippen LogP contribution in [-0.4, -0.2) is 129 Å². The van der Waals surface area contributed by atoms with Crippen molar-refractivity contribution in [3.8, 4) is 113 Å². The summed E-state index contributed by atoms with van der Waals surface area (Å²) >= 11 is 11.2. The van der Waals surface area contributed by atoms with Gasteiger partial charge in [0.15, 0.2) is 10.8 Å². The maximum Gasteiger partial charge on any atom is 0.368 e. The summed E-state index contributed by atoms with van der Waals surface area (Å²) in [5.41, 5.74) is 26.6. The molecule has 0 atom stereocenters. The van der Waals surface area contributed by atoms with E-state index in [-0.39, 0.29) is 40.8 Å². The molecule has 42 heteroatoms. The van der Waals surface area contributed by atoms with E-state index in [1.54, 1.807) is 69.2 Å². The van der Waals surface area contributed by atoms with Crippen LogP contribution in [0, 0.1) is 104 Å². The zero-order chi connectivity index (χ0) is 106. The van der Waals surface area contributed by atoms with Gasteiger partial charge in [0.1, 0.15) is 71.4 Å². The summed E-state index contributed by atoms with van der Waals surface area (Å²) in [5, 5.41) is 48.2. The second kappa shape index (κ2) is 46.3. The molecule has 762 valence electrons. The van der Waals surface area contributed by atoms with E-state index in [4.69, 9.17) is 28.7 Å². The first-order valence-corrected chi connectivity index (χ1v) is 51.9. The van der Waals surface area contributed by atoms with Crippen molar-refractivity contribution in [3.05, 3.63) is 369 Å². The third-order valence-electron chi connectivity index (χ3n) is 24.7. The number of ketones is 1. The summed E-state index contributed by atoms with van der Waals surface area (Å²) in [4.78, 5) is 93.7. The van der Waals surface area contributed by atoms with Crippen LogP contribution in [0.2, 0.25) is 0 Å². The number of ether oxygens (including phenoxy) is 5. The van der Waals surface area contributed by atoms with Gasteiger partial charge >= 0.3 is 28.4 Å². The minimum Gasteiger partial charge on any atom is -0.489 e.